The maximum Gasteiger partial charge on any atom is 0.481 e. The molecule has 2 amide bonds. The van der Waals surface area contributed by atoms with Crippen molar-refractivity contribution in [1.29, 1.82) is 0 Å². The van der Waals surface area contributed by atoms with Crippen LogP contribution >= 0.6 is 35.2 Å². The van der Waals surface area contributed by atoms with Crippen LogP contribution in [0.3, 0.4) is 0 Å². The van der Waals surface area contributed by atoms with Crippen LogP contribution in [0.4, 0.5) is 5.82 Å². The fourth-order valence-electron chi connectivity index (χ4n) is 5.13. The number of carbonyl (C=O) groups is 3. The zero-order valence-corrected chi connectivity index (χ0v) is 33.2. The van der Waals surface area contributed by atoms with E-state index in [2.05, 4.69) is 34.4 Å². The number of nitrogen functional groups attached to an aromatic ring is 1. The van der Waals surface area contributed by atoms with Crippen LogP contribution in [0, 0.1) is 11.3 Å². The third-order valence-electron chi connectivity index (χ3n) is 7.98. The number of amides is 2. The highest BCUT2D eigenvalue weighted by Gasteiger charge is 2.50. The van der Waals surface area contributed by atoms with Gasteiger partial charge in [-0.2, -0.15) is 4.31 Å². The predicted octanol–water partition coefficient (Wildman–Crippen LogP) is -0.203. The summed E-state index contributed by atoms with van der Waals surface area (Å²) in [5.41, 5.74) is 4.26. The molecule has 56 heavy (non-hydrogen) atoms. The van der Waals surface area contributed by atoms with Crippen molar-refractivity contribution in [1.82, 2.24) is 30.2 Å². The lowest BCUT2D eigenvalue weighted by Crippen LogP contribution is -2.46. The molecule has 10 N–H and O–H groups in total. The molecule has 1 aliphatic carbocycles. The number of nitrogens with two attached hydrogens (primary N) is 1. The first kappa shape index (κ1) is 45.7. The number of aliphatic hydroxyl groups excluding tert-OH is 2. The lowest BCUT2D eigenvalue weighted by Gasteiger charge is -2.30. The number of nitrogens with zero attached hydrogens (tertiary/aromatic N) is 4. The normalized spacial score (nSPS) is 23.1. The topological polar surface area (TPSA) is 364 Å². The smallest absolute Gasteiger partial charge is 0.386 e. The number of allylic oxidation sites excluding steroid dienone is 4. The van der Waals surface area contributed by atoms with E-state index in [0.29, 0.717) is 5.75 Å². The van der Waals surface area contributed by atoms with E-state index in [1.165, 1.54) is 13.8 Å². The summed E-state index contributed by atoms with van der Waals surface area (Å²) in [6.45, 7) is 0.489. The van der Waals surface area contributed by atoms with Gasteiger partial charge >= 0.3 is 23.5 Å². The molecule has 2 aliphatic rings. The number of phosphoric ester groups is 3. The van der Waals surface area contributed by atoms with Crippen molar-refractivity contribution in [2.75, 3.05) is 37.8 Å². The number of anilines is 1. The molecule has 7 unspecified atom stereocenters. The number of aromatic nitrogens is 4. The Morgan fingerprint density at radius 1 is 1.05 bits per heavy atom. The minimum atomic E-state index is -5.57. The molecule has 1 fully saturated rings. The molecular weight excluding hydrogens is 831 g/mol. The molecule has 0 spiro atoms. The first-order valence-corrected chi connectivity index (χ1v) is 22.0. The molecule has 1 saturated heterocycles. The van der Waals surface area contributed by atoms with Gasteiger partial charge in [-0.15, -0.1) is 0 Å². The van der Waals surface area contributed by atoms with Crippen LogP contribution in [0.1, 0.15) is 32.9 Å². The van der Waals surface area contributed by atoms with Gasteiger partial charge in [0.05, 0.1) is 25.5 Å². The predicted molar refractivity (Wildman–Crippen MR) is 193 cm³/mol. The Morgan fingerprint density at radius 2 is 1.73 bits per heavy atom. The minimum Gasteiger partial charge on any atom is -0.386 e. The molecule has 28 heteroatoms. The summed E-state index contributed by atoms with van der Waals surface area (Å²) in [4.78, 5) is 87.8. The molecule has 7 atom stereocenters. The number of nitrogens with one attached hydrogen (secondary N) is 2. The van der Waals surface area contributed by atoms with Gasteiger partial charge in [-0.3, -0.25) is 32.5 Å². The molecule has 0 aromatic carbocycles. The molecule has 4 rings (SSSR count). The second-order valence-electron chi connectivity index (χ2n) is 12.9. The molecule has 0 radical (unpaired) electrons. The highest BCUT2D eigenvalue weighted by Crippen LogP contribution is 2.61. The van der Waals surface area contributed by atoms with E-state index in [9.17, 15) is 57.9 Å². The van der Waals surface area contributed by atoms with Crippen molar-refractivity contribution in [3.8, 4) is 0 Å². The van der Waals surface area contributed by atoms with Gasteiger partial charge in [-0.05, 0) is 6.42 Å². The number of fused-ring (bicyclic) bond motifs is 1. The second-order valence-corrected chi connectivity index (χ2v) is 18.2. The number of imidazole rings is 1. The van der Waals surface area contributed by atoms with Gasteiger partial charge in [-0.1, -0.05) is 49.9 Å². The van der Waals surface area contributed by atoms with Crippen LogP contribution in [-0.4, -0.2) is 123 Å². The van der Waals surface area contributed by atoms with Crippen LogP contribution in [0.5, 0.6) is 0 Å². The maximum atomic E-state index is 12.7. The largest absolute Gasteiger partial charge is 0.481 e. The molecule has 24 nitrogen and oxygen atoms in total. The van der Waals surface area contributed by atoms with E-state index in [0.717, 1.165) is 35.4 Å². The molecule has 0 bridgehead atoms. The van der Waals surface area contributed by atoms with Crippen molar-refractivity contribution < 1.29 is 80.5 Å². The standard InChI is InChI=1S/C28H42N7O17P3S/c1-28(2,22(38)25(39)31-9-8-18(36)30-10-11-56-27(40)16-6-4-3-5-7-16)13-49-55(46,47)52-54(44,45)48-12-17-21(51-53(41,42)43)20(37)26(50-17)35-15-34-19-23(29)32-14-33-24(19)35/h4-7,14-17,20-22,26,37-38H,3,8-13H2,1-2H3,(H,30,36)(H,31,39)(H,44,45)(H,46,47)(H2,29,32,33)(H2,41,42,43). The van der Waals surface area contributed by atoms with Gasteiger partial charge in [0.2, 0.25) is 11.8 Å². The van der Waals surface area contributed by atoms with Crippen LogP contribution in [-0.2, 0) is 50.7 Å². The summed E-state index contributed by atoms with van der Waals surface area (Å²) >= 11 is 1.07. The fourth-order valence-corrected chi connectivity index (χ4v) is 8.71. The van der Waals surface area contributed by atoms with E-state index >= 15 is 0 Å². The Balaban J connectivity index is 1.23. The Bertz CT molecular complexity index is 1930. The lowest BCUT2D eigenvalue weighted by atomic mass is 9.87. The van der Waals surface area contributed by atoms with Gasteiger partial charge in [0.25, 0.3) is 0 Å². The number of rotatable bonds is 20. The highest BCUT2D eigenvalue weighted by molar-refractivity contribution is 8.13. The van der Waals surface area contributed by atoms with E-state index in [1.54, 1.807) is 0 Å². The van der Waals surface area contributed by atoms with E-state index in [1.807, 2.05) is 24.3 Å². The van der Waals surface area contributed by atoms with Gasteiger partial charge in [0, 0.05) is 30.7 Å². The Morgan fingerprint density at radius 3 is 2.41 bits per heavy atom. The Hall–Kier alpha value is -2.96. The molecule has 1 aliphatic heterocycles. The van der Waals surface area contributed by atoms with E-state index in [-0.39, 0.29) is 47.5 Å². The van der Waals surface area contributed by atoms with E-state index < -0.39 is 84.6 Å². The molecule has 2 aromatic heterocycles. The monoisotopic (exact) mass is 873 g/mol. The first-order valence-electron chi connectivity index (χ1n) is 16.5. The number of aliphatic hydroxyl groups is 2. The molecule has 0 saturated carbocycles. The van der Waals surface area contributed by atoms with Crippen molar-refractivity contribution in [3.63, 3.8) is 0 Å². The van der Waals surface area contributed by atoms with Gasteiger partial charge in [0.1, 0.15) is 36.3 Å². The van der Waals surface area contributed by atoms with Crippen LogP contribution in [0.15, 0.2) is 37.0 Å². The number of hydrogen-bond acceptors (Lipinski definition) is 18. The summed E-state index contributed by atoms with van der Waals surface area (Å²) in [6.07, 6.45) is 1.26. The second kappa shape index (κ2) is 19.2. The van der Waals surface area contributed by atoms with Crippen molar-refractivity contribution in [3.05, 3.63) is 37.0 Å². The zero-order valence-electron chi connectivity index (χ0n) is 29.7. The number of hydrogen-bond donors (Lipinski definition) is 9. The molecule has 3 heterocycles. The van der Waals surface area contributed by atoms with Crippen LogP contribution in [0.25, 0.3) is 11.2 Å². The summed E-state index contributed by atoms with van der Waals surface area (Å²) in [5.74, 6) is -1.42. The number of phosphoric acid groups is 3. The number of ether oxygens (including phenoxy) is 1. The zero-order chi connectivity index (χ0) is 41.5. The average molecular weight is 874 g/mol. The fraction of sp³-hybridized carbons (Fsp3) is 0.571. The first-order chi connectivity index (χ1) is 26.1. The summed E-state index contributed by atoms with van der Waals surface area (Å²) in [5, 5.41) is 26.3. The SMILES string of the molecule is CC(C)(COP(=O)(O)OP(=O)(O)OCC1OC(n2cnc3c(N)ncnc32)C(O)C1OP(=O)(O)O)C(O)C(=O)NCCC(=O)NCCSC(=O)C1C=CCC=C1. The summed E-state index contributed by atoms with van der Waals surface area (Å²) in [6, 6.07) is 0. The lowest BCUT2D eigenvalue weighted by molar-refractivity contribution is -0.137. The third kappa shape index (κ3) is 13.0. The maximum absolute atomic E-state index is 12.7. The van der Waals surface area contributed by atoms with Crippen molar-refractivity contribution in [2.45, 2.75) is 57.3 Å². The molecule has 312 valence electrons. The highest BCUT2D eigenvalue weighted by atomic mass is 32.2. The molecule has 2 aromatic rings. The minimum absolute atomic E-state index is 0.0304. The quantitative estimate of drug-likeness (QED) is 0.0472. The Kier molecular flexibility index (Phi) is 15.7. The average Bonchev–Trinajstić information content (AvgIpc) is 3.68. The van der Waals surface area contributed by atoms with Crippen molar-refractivity contribution in [2.24, 2.45) is 11.3 Å². The van der Waals surface area contributed by atoms with Gasteiger partial charge < -0.3 is 50.9 Å². The van der Waals surface area contributed by atoms with Crippen molar-refractivity contribution >= 4 is 69.1 Å². The van der Waals surface area contributed by atoms with Crippen LogP contribution < -0.4 is 16.4 Å². The summed E-state index contributed by atoms with van der Waals surface area (Å²) < 4.78 is 62.1. The summed E-state index contributed by atoms with van der Waals surface area (Å²) in [7, 11) is -16.4. The van der Waals surface area contributed by atoms with E-state index in [4.69, 9.17) is 19.5 Å². The number of carbonyl (C=O) groups excluding carboxylic acids is 3. The van der Waals surface area contributed by atoms with Gasteiger partial charge in [0.15, 0.2) is 22.8 Å². The Labute approximate surface area is 322 Å². The molecular formula is C28H42N7O17P3S. The number of thioether (sulfide) groups is 1. The van der Waals surface area contributed by atoms with Crippen LogP contribution in [0.2, 0.25) is 0 Å². The third-order valence-corrected chi connectivity index (χ3v) is 12.0. The van der Waals surface area contributed by atoms with Gasteiger partial charge in [-0.25, -0.2) is 28.6 Å².